The monoisotopic (exact) mass is 304 g/mol. The highest BCUT2D eigenvalue weighted by Gasteiger charge is 2.14. The topological polar surface area (TPSA) is 0 Å². The molecular weight excluding hydrogens is 296 g/mol. The Labute approximate surface area is 114 Å². The Bertz CT molecular complexity index is 614. The molecule has 0 amide bonds. The van der Waals surface area contributed by atoms with Crippen LogP contribution in [0.4, 0.5) is 0 Å². The number of hydrogen-bond donors (Lipinski definition) is 0. The van der Waals surface area contributed by atoms with Gasteiger partial charge in [-0.3, -0.25) is 0 Å². The van der Waals surface area contributed by atoms with E-state index >= 15 is 0 Å². The summed E-state index contributed by atoms with van der Waals surface area (Å²) in [6.45, 7) is 0. The van der Waals surface area contributed by atoms with E-state index in [1.54, 1.807) is 0 Å². The SMILES string of the molecule is Clc1c(-c2ccccc2Br)ccc2c1CC=C2. The smallest absolute Gasteiger partial charge is 0.0525 e. The van der Waals surface area contributed by atoms with Crippen molar-refractivity contribution in [1.29, 1.82) is 0 Å². The number of rotatable bonds is 1. The lowest BCUT2D eigenvalue weighted by Crippen LogP contribution is -1.88. The molecule has 0 bridgehead atoms. The van der Waals surface area contributed by atoms with Crippen molar-refractivity contribution in [2.75, 3.05) is 0 Å². The van der Waals surface area contributed by atoms with E-state index in [-0.39, 0.29) is 0 Å². The lowest BCUT2D eigenvalue weighted by molar-refractivity contribution is 1.31. The maximum absolute atomic E-state index is 6.50. The zero-order valence-corrected chi connectivity index (χ0v) is 11.4. The third-order valence-electron chi connectivity index (χ3n) is 3.06. The van der Waals surface area contributed by atoms with Gasteiger partial charge in [-0.1, -0.05) is 70.0 Å². The van der Waals surface area contributed by atoms with Crippen molar-refractivity contribution in [2.24, 2.45) is 0 Å². The predicted molar refractivity (Wildman–Crippen MR) is 77.3 cm³/mol. The predicted octanol–water partition coefficient (Wildman–Crippen LogP) is 5.34. The summed E-state index contributed by atoms with van der Waals surface area (Å²) in [6.07, 6.45) is 5.22. The molecule has 0 radical (unpaired) electrons. The molecule has 0 saturated carbocycles. The van der Waals surface area contributed by atoms with Gasteiger partial charge in [-0.2, -0.15) is 0 Å². The van der Waals surface area contributed by atoms with Crippen molar-refractivity contribution in [1.82, 2.24) is 0 Å². The van der Waals surface area contributed by atoms with Gasteiger partial charge in [-0.05, 0) is 29.2 Å². The fraction of sp³-hybridized carbons (Fsp3) is 0.0667. The number of hydrogen-bond acceptors (Lipinski definition) is 0. The minimum absolute atomic E-state index is 0.874. The molecule has 0 atom stereocenters. The van der Waals surface area contributed by atoms with Gasteiger partial charge in [-0.15, -0.1) is 0 Å². The summed E-state index contributed by atoms with van der Waals surface area (Å²) in [5, 5.41) is 0.874. The molecule has 0 spiro atoms. The summed E-state index contributed by atoms with van der Waals surface area (Å²) in [7, 11) is 0. The van der Waals surface area contributed by atoms with Crippen LogP contribution >= 0.6 is 27.5 Å². The van der Waals surface area contributed by atoms with E-state index in [4.69, 9.17) is 11.6 Å². The summed E-state index contributed by atoms with van der Waals surface area (Å²) >= 11 is 10.1. The Balaban J connectivity index is 2.21. The summed E-state index contributed by atoms with van der Waals surface area (Å²) in [5.41, 5.74) is 4.72. The second-order valence-corrected chi connectivity index (χ2v) is 5.31. The zero-order valence-electron chi connectivity index (χ0n) is 9.08. The summed E-state index contributed by atoms with van der Waals surface area (Å²) < 4.78 is 1.08. The Morgan fingerprint density at radius 3 is 2.65 bits per heavy atom. The average molecular weight is 306 g/mol. The lowest BCUT2D eigenvalue weighted by Gasteiger charge is -2.10. The highest BCUT2D eigenvalue weighted by atomic mass is 79.9. The Hall–Kier alpha value is -1.05. The van der Waals surface area contributed by atoms with Gasteiger partial charge in [0, 0.05) is 10.0 Å². The average Bonchev–Trinajstić information content (AvgIpc) is 2.80. The maximum atomic E-state index is 6.50. The molecule has 0 heterocycles. The van der Waals surface area contributed by atoms with E-state index in [1.165, 1.54) is 11.1 Å². The fourth-order valence-corrected chi connectivity index (χ4v) is 3.04. The molecule has 2 aromatic carbocycles. The Morgan fingerprint density at radius 2 is 1.82 bits per heavy atom. The highest BCUT2D eigenvalue weighted by Crippen LogP contribution is 2.38. The van der Waals surface area contributed by atoms with Crippen LogP contribution in [-0.2, 0) is 6.42 Å². The van der Waals surface area contributed by atoms with Crippen molar-refractivity contribution >= 4 is 33.6 Å². The number of allylic oxidation sites excluding steroid dienone is 1. The van der Waals surface area contributed by atoms with Gasteiger partial charge in [-0.25, -0.2) is 0 Å². The first-order valence-electron chi connectivity index (χ1n) is 5.50. The van der Waals surface area contributed by atoms with Crippen LogP contribution < -0.4 is 0 Å². The molecule has 17 heavy (non-hydrogen) atoms. The first kappa shape index (κ1) is 11.1. The summed E-state index contributed by atoms with van der Waals surface area (Å²) in [4.78, 5) is 0. The first-order valence-corrected chi connectivity index (χ1v) is 6.67. The number of halogens is 2. The molecular formula is C15H10BrCl. The number of benzene rings is 2. The van der Waals surface area contributed by atoms with Crippen LogP contribution in [0.5, 0.6) is 0 Å². The second kappa shape index (κ2) is 4.32. The molecule has 0 aromatic heterocycles. The van der Waals surface area contributed by atoms with Crippen LogP contribution in [-0.4, -0.2) is 0 Å². The molecule has 2 aromatic rings. The van der Waals surface area contributed by atoms with E-state index in [0.29, 0.717) is 0 Å². The third-order valence-corrected chi connectivity index (χ3v) is 4.19. The third kappa shape index (κ3) is 1.84. The van der Waals surface area contributed by atoms with Crippen molar-refractivity contribution in [3.05, 3.63) is 63.1 Å². The van der Waals surface area contributed by atoms with Gasteiger partial charge in [0.25, 0.3) is 0 Å². The minimum Gasteiger partial charge on any atom is -0.0833 e. The standard InChI is InChI=1S/C15H10BrCl/c16-14-7-2-1-5-12(14)13-9-8-10-4-3-6-11(10)15(13)17/h1-5,7-9H,6H2. The minimum atomic E-state index is 0.874. The van der Waals surface area contributed by atoms with Crippen LogP contribution in [0.3, 0.4) is 0 Å². The first-order chi connectivity index (χ1) is 8.27. The van der Waals surface area contributed by atoms with Crippen molar-refractivity contribution in [3.8, 4) is 11.1 Å². The van der Waals surface area contributed by atoms with Crippen LogP contribution in [0.15, 0.2) is 46.9 Å². The molecule has 0 fully saturated rings. The molecule has 1 aliphatic rings. The van der Waals surface area contributed by atoms with Gasteiger partial charge < -0.3 is 0 Å². The van der Waals surface area contributed by atoms with Crippen molar-refractivity contribution in [2.45, 2.75) is 6.42 Å². The molecule has 3 rings (SSSR count). The number of fused-ring (bicyclic) bond motifs is 1. The van der Waals surface area contributed by atoms with Gasteiger partial charge in [0.15, 0.2) is 0 Å². The maximum Gasteiger partial charge on any atom is 0.0525 e. The largest absolute Gasteiger partial charge is 0.0833 e. The highest BCUT2D eigenvalue weighted by molar-refractivity contribution is 9.10. The van der Waals surface area contributed by atoms with Crippen molar-refractivity contribution in [3.63, 3.8) is 0 Å². The normalized spacial score (nSPS) is 12.8. The van der Waals surface area contributed by atoms with E-state index in [1.807, 2.05) is 18.2 Å². The molecule has 0 N–H and O–H groups in total. The molecule has 0 unspecified atom stereocenters. The van der Waals surface area contributed by atoms with Gasteiger partial charge in [0.05, 0.1) is 5.02 Å². The van der Waals surface area contributed by atoms with Crippen molar-refractivity contribution < 1.29 is 0 Å². The van der Waals surface area contributed by atoms with E-state index < -0.39 is 0 Å². The van der Waals surface area contributed by atoms with Gasteiger partial charge >= 0.3 is 0 Å². The zero-order chi connectivity index (χ0) is 11.8. The van der Waals surface area contributed by atoms with Crippen LogP contribution in [0.2, 0.25) is 5.02 Å². The molecule has 0 saturated heterocycles. The van der Waals surface area contributed by atoms with Crippen LogP contribution in [0, 0.1) is 0 Å². The van der Waals surface area contributed by atoms with E-state index in [9.17, 15) is 0 Å². The van der Waals surface area contributed by atoms with E-state index in [2.05, 4.69) is 46.3 Å². The molecule has 2 heteroatoms. The quantitative estimate of drug-likeness (QED) is 0.667. The Morgan fingerprint density at radius 1 is 1.00 bits per heavy atom. The van der Waals surface area contributed by atoms with Gasteiger partial charge in [0.2, 0.25) is 0 Å². The van der Waals surface area contributed by atoms with Crippen LogP contribution in [0.1, 0.15) is 11.1 Å². The Kier molecular flexibility index (Phi) is 2.81. The van der Waals surface area contributed by atoms with Crippen LogP contribution in [0.25, 0.3) is 17.2 Å². The molecule has 84 valence electrons. The molecule has 0 aliphatic heterocycles. The molecule has 1 aliphatic carbocycles. The summed E-state index contributed by atoms with van der Waals surface area (Å²) in [6, 6.07) is 12.4. The summed E-state index contributed by atoms with van der Waals surface area (Å²) in [5.74, 6) is 0. The fourth-order valence-electron chi connectivity index (χ4n) is 2.19. The van der Waals surface area contributed by atoms with Gasteiger partial charge in [0.1, 0.15) is 0 Å². The second-order valence-electron chi connectivity index (χ2n) is 4.08. The van der Waals surface area contributed by atoms with E-state index in [0.717, 1.165) is 27.0 Å². The molecule has 0 nitrogen and oxygen atoms in total. The lowest BCUT2D eigenvalue weighted by atomic mass is 10.00.